The number of carbonyl (C=O) groups is 1. The third-order valence-electron chi connectivity index (χ3n) is 4.58. The number of piperidine rings is 1. The van der Waals surface area contributed by atoms with E-state index in [-0.39, 0.29) is 17.8 Å². The topological polar surface area (TPSA) is 78.5 Å². The molecule has 1 heterocycles. The lowest BCUT2D eigenvalue weighted by molar-refractivity contribution is 0.176. The fraction of sp³-hybridized carbons (Fsp3) is 0.933. The SMILES string of the molecule is CCCCS(=O)(=O)NC1CCN(C(=O)NC2CCCC2)CC1. The van der Waals surface area contributed by atoms with Crippen LogP contribution in [0.4, 0.5) is 4.79 Å². The fourth-order valence-corrected chi connectivity index (χ4v) is 4.71. The molecule has 2 rings (SSSR count). The summed E-state index contributed by atoms with van der Waals surface area (Å²) in [5.41, 5.74) is 0. The Morgan fingerprint density at radius 3 is 2.32 bits per heavy atom. The number of likely N-dealkylation sites (tertiary alicyclic amines) is 1. The molecule has 0 atom stereocenters. The molecule has 0 bridgehead atoms. The monoisotopic (exact) mass is 331 g/mol. The number of rotatable bonds is 6. The van der Waals surface area contributed by atoms with E-state index in [0.29, 0.717) is 38.4 Å². The first-order valence-electron chi connectivity index (χ1n) is 8.55. The Labute approximate surface area is 134 Å². The average Bonchev–Trinajstić information content (AvgIpc) is 2.98. The highest BCUT2D eigenvalue weighted by Crippen LogP contribution is 2.18. The smallest absolute Gasteiger partial charge is 0.317 e. The van der Waals surface area contributed by atoms with Crippen molar-refractivity contribution in [2.24, 2.45) is 0 Å². The number of unbranched alkanes of at least 4 members (excludes halogenated alkanes) is 1. The van der Waals surface area contributed by atoms with Crippen molar-refractivity contribution in [2.75, 3.05) is 18.8 Å². The van der Waals surface area contributed by atoms with E-state index in [1.165, 1.54) is 12.8 Å². The maximum atomic E-state index is 12.2. The fourth-order valence-electron chi connectivity index (χ4n) is 3.18. The van der Waals surface area contributed by atoms with Crippen LogP contribution in [0.3, 0.4) is 0 Å². The van der Waals surface area contributed by atoms with Crippen molar-refractivity contribution in [2.45, 2.75) is 70.4 Å². The van der Waals surface area contributed by atoms with E-state index >= 15 is 0 Å². The van der Waals surface area contributed by atoms with E-state index in [1.54, 1.807) is 0 Å². The Bertz CT molecular complexity index is 453. The third kappa shape index (κ3) is 5.43. The van der Waals surface area contributed by atoms with E-state index in [0.717, 1.165) is 19.3 Å². The molecule has 0 spiro atoms. The van der Waals surface area contributed by atoms with Crippen molar-refractivity contribution in [1.29, 1.82) is 0 Å². The van der Waals surface area contributed by atoms with Gasteiger partial charge in [-0.1, -0.05) is 26.2 Å². The maximum Gasteiger partial charge on any atom is 0.317 e. The van der Waals surface area contributed by atoms with Gasteiger partial charge < -0.3 is 10.2 Å². The van der Waals surface area contributed by atoms with E-state index in [1.807, 2.05) is 11.8 Å². The van der Waals surface area contributed by atoms with Gasteiger partial charge in [0, 0.05) is 25.2 Å². The van der Waals surface area contributed by atoms with Gasteiger partial charge in [0.2, 0.25) is 10.0 Å². The zero-order valence-corrected chi connectivity index (χ0v) is 14.3. The zero-order chi connectivity index (χ0) is 16.0. The molecule has 128 valence electrons. The van der Waals surface area contributed by atoms with Gasteiger partial charge in [-0.25, -0.2) is 17.9 Å². The van der Waals surface area contributed by atoms with Gasteiger partial charge in [-0.2, -0.15) is 0 Å². The van der Waals surface area contributed by atoms with Gasteiger partial charge in [-0.3, -0.25) is 0 Å². The molecule has 22 heavy (non-hydrogen) atoms. The summed E-state index contributed by atoms with van der Waals surface area (Å²) in [6, 6.07) is 0.314. The molecule has 1 aliphatic heterocycles. The Hall–Kier alpha value is -0.820. The normalized spacial score (nSPS) is 21.2. The van der Waals surface area contributed by atoms with Gasteiger partial charge in [0.05, 0.1) is 5.75 Å². The Kier molecular flexibility index (Phi) is 6.50. The van der Waals surface area contributed by atoms with Gasteiger partial charge in [-0.15, -0.1) is 0 Å². The second kappa shape index (κ2) is 8.15. The number of nitrogens with zero attached hydrogens (tertiary/aromatic N) is 1. The van der Waals surface area contributed by atoms with Gasteiger partial charge in [0.15, 0.2) is 0 Å². The molecule has 2 aliphatic rings. The Morgan fingerprint density at radius 2 is 1.73 bits per heavy atom. The minimum atomic E-state index is -3.17. The summed E-state index contributed by atoms with van der Waals surface area (Å²) in [5, 5.41) is 3.09. The van der Waals surface area contributed by atoms with Crippen molar-refractivity contribution in [3.63, 3.8) is 0 Å². The van der Waals surface area contributed by atoms with Crippen LogP contribution in [0.25, 0.3) is 0 Å². The summed E-state index contributed by atoms with van der Waals surface area (Å²) in [6.07, 6.45) is 7.53. The van der Waals surface area contributed by atoms with Crippen LogP contribution < -0.4 is 10.0 Å². The lowest BCUT2D eigenvalue weighted by atomic mass is 10.1. The van der Waals surface area contributed by atoms with Gasteiger partial charge in [0.25, 0.3) is 0 Å². The summed E-state index contributed by atoms with van der Waals surface area (Å²) < 4.78 is 26.6. The second-order valence-corrected chi connectivity index (χ2v) is 8.36. The molecule has 2 amide bonds. The first-order chi connectivity index (χ1) is 10.5. The lowest BCUT2D eigenvalue weighted by Crippen LogP contribution is -2.51. The number of urea groups is 1. The van der Waals surface area contributed by atoms with Crippen LogP contribution in [0.2, 0.25) is 0 Å². The van der Waals surface area contributed by atoms with Crippen molar-refractivity contribution >= 4 is 16.1 Å². The number of amides is 2. The number of hydrogen-bond donors (Lipinski definition) is 2. The van der Waals surface area contributed by atoms with Gasteiger partial charge in [0.1, 0.15) is 0 Å². The largest absolute Gasteiger partial charge is 0.335 e. The van der Waals surface area contributed by atoms with Crippen molar-refractivity contribution < 1.29 is 13.2 Å². The van der Waals surface area contributed by atoms with Crippen LogP contribution in [-0.4, -0.2) is 50.3 Å². The van der Waals surface area contributed by atoms with Gasteiger partial charge in [-0.05, 0) is 32.1 Å². The van der Waals surface area contributed by atoms with E-state index in [2.05, 4.69) is 10.0 Å². The molecule has 1 saturated carbocycles. The highest BCUT2D eigenvalue weighted by Gasteiger charge is 2.27. The van der Waals surface area contributed by atoms with E-state index in [9.17, 15) is 13.2 Å². The predicted octanol–water partition coefficient (Wildman–Crippen LogP) is 1.82. The number of hydrogen-bond acceptors (Lipinski definition) is 3. The quantitative estimate of drug-likeness (QED) is 0.779. The number of sulfonamides is 1. The standard InChI is InChI=1S/C15H29N3O3S/c1-2-3-12-22(20,21)17-14-8-10-18(11-9-14)15(19)16-13-6-4-5-7-13/h13-14,17H,2-12H2,1H3,(H,16,19). The van der Waals surface area contributed by atoms with Crippen LogP contribution in [0, 0.1) is 0 Å². The molecule has 7 heteroatoms. The molecular weight excluding hydrogens is 302 g/mol. The molecule has 0 aromatic heterocycles. The molecular formula is C15H29N3O3S. The van der Waals surface area contributed by atoms with Crippen LogP contribution in [0.1, 0.15) is 58.3 Å². The molecule has 2 fully saturated rings. The van der Waals surface area contributed by atoms with Crippen LogP contribution in [0.5, 0.6) is 0 Å². The molecule has 1 saturated heterocycles. The maximum absolute atomic E-state index is 12.2. The molecule has 6 nitrogen and oxygen atoms in total. The Morgan fingerprint density at radius 1 is 1.09 bits per heavy atom. The first kappa shape index (κ1) is 17.5. The average molecular weight is 331 g/mol. The molecule has 0 unspecified atom stereocenters. The Balaban J connectivity index is 1.71. The summed E-state index contributed by atoms with van der Waals surface area (Å²) in [4.78, 5) is 14.0. The summed E-state index contributed by atoms with van der Waals surface area (Å²) in [7, 11) is -3.17. The van der Waals surface area contributed by atoms with Crippen molar-refractivity contribution in [3.8, 4) is 0 Å². The van der Waals surface area contributed by atoms with Crippen LogP contribution in [-0.2, 0) is 10.0 Å². The summed E-state index contributed by atoms with van der Waals surface area (Å²) in [6.45, 7) is 3.23. The molecule has 0 aromatic carbocycles. The van der Waals surface area contributed by atoms with Crippen molar-refractivity contribution in [3.05, 3.63) is 0 Å². The highest BCUT2D eigenvalue weighted by atomic mass is 32.2. The van der Waals surface area contributed by atoms with E-state index < -0.39 is 10.0 Å². The summed E-state index contributed by atoms with van der Waals surface area (Å²) >= 11 is 0. The van der Waals surface area contributed by atoms with Crippen molar-refractivity contribution in [1.82, 2.24) is 14.9 Å². The van der Waals surface area contributed by atoms with Crippen LogP contribution >= 0.6 is 0 Å². The zero-order valence-electron chi connectivity index (χ0n) is 13.5. The first-order valence-corrected chi connectivity index (χ1v) is 10.2. The third-order valence-corrected chi connectivity index (χ3v) is 6.10. The predicted molar refractivity (Wildman–Crippen MR) is 87.2 cm³/mol. The molecule has 0 radical (unpaired) electrons. The second-order valence-electron chi connectivity index (χ2n) is 6.48. The summed E-state index contributed by atoms with van der Waals surface area (Å²) in [5.74, 6) is 0.200. The minimum Gasteiger partial charge on any atom is -0.335 e. The number of nitrogens with one attached hydrogen (secondary N) is 2. The van der Waals surface area contributed by atoms with Gasteiger partial charge >= 0.3 is 6.03 Å². The lowest BCUT2D eigenvalue weighted by Gasteiger charge is -2.33. The van der Waals surface area contributed by atoms with E-state index in [4.69, 9.17) is 0 Å². The van der Waals surface area contributed by atoms with Crippen LogP contribution in [0.15, 0.2) is 0 Å². The molecule has 0 aromatic rings. The molecule has 2 N–H and O–H groups in total. The number of carbonyl (C=O) groups excluding carboxylic acids is 1. The minimum absolute atomic E-state index is 0.0131. The molecule has 1 aliphatic carbocycles. The highest BCUT2D eigenvalue weighted by molar-refractivity contribution is 7.89.